The molecule has 0 aliphatic carbocycles. The molecule has 2 atom stereocenters. The van der Waals surface area contributed by atoms with Crippen LogP contribution in [0.25, 0.3) is 0 Å². The molecule has 0 spiro atoms. The van der Waals surface area contributed by atoms with E-state index in [2.05, 4.69) is 50.4 Å². The monoisotopic (exact) mass is 297 g/mol. The van der Waals surface area contributed by atoms with Crippen molar-refractivity contribution >= 4 is 9.84 Å². The largest absolute Gasteiger partial charge is 0.315 e. The van der Waals surface area contributed by atoms with E-state index in [1.54, 1.807) is 6.92 Å². The van der Waals surface area contributed by atoms with Crippen molar-refractivity contribution in [3.05, 3.63) is 35.4 Å². The van der Waals surface area contributed by atoms with Gasteiger partial charge in [0.05, 0.1) is 5.25 Å². The number of hydrogen-bond acceptors (Lipinski definition) is 3. The molecule has 20 heavy (non-hydrogen) atoms. The first-order valence-electron chi connectivity index (χ1n) is 7.01. The second kappa shape index (κ2) is 6.27. The van der Waals surface area contributed by atoms with Gasteiger partial charge in [-0.25, -0.2) is 8.42 Å². The first kappa shape index (κ1) is 17.2. The van der Waals surface area contributed by atoms with Gasteiger partial charge < -0.3 is 5.32 Å². The summed E-state index contributed by atoms with van der Waals surface area (Å²) >= 11 is 0. The second-order valence-corrected chi connectivity index (χ2v) is 8.98. The minimum atomic E-state index is -3.03. The molecule has 114 valence electrons. The maximum atomic E-state index is 11.7. The minimum Gasteiger partial charge on any atom is -0.315 e. The molecule has 3 nitrogen and oxygen atoms in total. The molecule has 0 amide bonds. The van der Waals surface area contributed by atoms with E-state index < -0.39 is 15.1 Å². The lowest BCUT2D eigenvalue weighted by Gasteiger charge is -2.23. The summed E-state index contributed by atoms with van der Waals surface area (Å²) in [5.74, 6) is 0. The molecule has 1 aromatic carbocycles. The Labute approximate surface area is 123 Å². The molecule has 4 heteroatoms. The van der Waals surface area contributed by atoms with E-state index in [0.29, 0.717) is 0 Å². The van der Waals surface area contributed by atoms with Gasteiger partial charge in [-0.1, -0.05) is 45.0 Å². The number of benzene rings is 1. The zero-order valence-electron chi connectivity index (χ0n) is 13.4. The van der Waals surface area contributed by atoms with Crippen LogP contribution in [0.5, 0.6) is 0 Å². The molecule has 0 aliphatic rings. The van der Waals surface area contributed by atoms with Crippen LogP contribution in [0, 0.1) is 0 Å². The fourth-order valence-corrected chi connectivity index (χ4v) is 3.02. The quantitative estimate of drug-likeness (QED) is 0.908. The molecule has 1 rings (SSSR count). The van der Waals surface area contributed by atoms with Crippen molar-refractivity contribution < 1.29 is 8.42 Å². The Balaban J connectivity index is 2.87. The molecule has 1 N–H and O–H groups in total. The lowest BCUT2D eigenvalue weighted by molar-refractivity contribution is 0.516. The maximum Gasteiger partial charge on any atom is 0.151 e. The van der Waals surface area contributed by atoms with Crippen LogP contribution in [0.2, 0.25) is 0 Å². The van der Waals surface area contributed by atoms with Crippen molar-refractivity contribution in [3.8, 4) is 0 Å². The third-order valence-electron chi connectivity index (χ3n) is 3.89. The van der Waals surface area contributed by atoms with E-state index in [1.807, 2.05) is 7.05 Å². The summed E-state index contributed by atoms with van der Waals surface area (Å²) in [6.45, 7) is 8.32. The standard InChI is InChI=1S/C16H27NO2S/c1-12(20(6,18)19)15(17-5)11-13-7-9-14(10-8-13)16(2,3)4/h7-10,12,15,17H,11H2,1-6H3. The zero-order chi connectivity index (χ0) is 15.6. The highest BCUT2D eigenvalue weighted by molar-refractivity contribution is 7.91. The van der Waals surface area contributed by atoms with Crippen LogP contribution < -0.4 is 5.32 Å². The zero-order valence-corrected chi connectivity index (χ0v) is 14.2. The van der Waals surface area contributed by atoms with Gasteiger partial charge in [0.15, 0.2) is 9.84 Å². The lowest BCUT2D eigenvalue weighted by atomic mass is 9.86. The fourth-order valence-electron chi connectivity index (χ4n) is 2.20. The average molecular weight is 297 g/mol. The second-order valence-electron chi connectivity index (χ2n) is 6.58. The van der Waals surface area contributed by atoms with E-state index in [1.165, 1.54) is 11.8 Å². The number of sulfone groups is 1. The van der Waals surface area contributed by atoms with Gasteiger partial charge in [-0.3, -0.25) is 0 Å². The van der Waals surface area contributed by atoms with Crippen LogP contribution in [0.4, 0.5) is 0 Å². The predicted octanol–water partition coefficient (Wildman–Crippen LogP) is 2.55. The molecule has 0 aromatic heterocycles. The van der Waals surface area contributed by atoms with E-state index in [-0.39, 0.29) is 11.5 Å². The molecule has 1 aromatic rings. The van der Waals surface area contributed by atoms with Gasteiger partial charge in [0.1, 0.15) is 0 Å². The molecular formula is C16H27NO2S. The van der Waals surface area contributed by atoms with Gasteiger partial charge >= 0.3 is 0 Å². The third kappa shape index (κ3) is 4.60. The first-order valence-corrected chi connectivity index (χ1v) is 8.96. The minimum absolute atomic E-state index is 0.0644. The van der Waals surface area contributed by atoms with E-state index in [9.17, 15) is 8.42 Å². The van der Waals surface area contributed by atoms with E-state index in [0.717, 1.165) is 12.0 Å². The van der Waals surface area contributed by atoms with Crippen molar-refractivity contribution in [2.45, 2.75) is 50.8 Å². The lowest BCUT2D eigenvalue weighted by Crippen LogP contribution is -2.41. The van der Waals surface area contributed by atoms with Gasteiger partial charge in [0.25, 0.3) is 0 Å². The van der Waals surface area contributed by atoms with Crippen LogP contribution in [0.15, 0.2) is 24.3 Å². The van der Waals surface area contributed by atoms with Crippen LogP contribution in [-0.2, 0) is 21.7 Å². The molecule has 0 saturated heterocycles. The van der Waals surface area contributed by atoms with Gasteiger partial charge in [-0.2, -0.15) is 0 Å². The third-order valence-corrected chi connectivity index (χ3v) is 5.57. The van der Waals surface area contributed by atoms with E-state index >= 15 is 0 Å². The summed E-state index contributed by atoms with van der Waals surface area (Å²) in [5, 5.41) is 2.73. The Morgan fingerprint density at radius 1 is 1.15 bits per heavy atom. The van der Waals surface area contributed by atoms with Gasteiger partial charge in [0, 0.05) is 12.3 Å². The van der Waals surface area contributed by atoms with Crippen LogP contribution >= 0.6 is 0 Å². The number of rotatable bonds is 5. The van der Waals surface area contributed by atoms with Crippen molar-refractivity contribution in [1.82, 2.24) is 5.32 Å². The molecular weight excluding hydrogens is 270 g/mol. The van der Waals surface area contributed by atoms with Gasteiger partial charge in [-0.15, -0.1) is 0 Å². The Hall–Kier alpha value is -0.870. The van der Waals surface area contributed by atoms with Gasteiger partial charge in [0.2, 0.25) is 0 Å². The van der Waals surface area contributed by atoms with E-state index in [4.69, 9.17) is 0 Å². The number of nitrogens with one attached hydrogen (secondary N) is 1. The summed E-state index contributed by atoms with van der Waals surface area (Å²) in [5.41, 5.74) is 2.59. The molecule has 0 aliphatic heterocycles. The Kier molecular flexibility index (Phi) is 5.39. The van der Waals surface area contributed by atoms with Crippen LogP contribution in [0.1, 0.15) is 38.8 Å². The van der Waals surface area contributed by atoms with Crippen LogP contribution in [0.3, 0.4) is 0 Å². The average Bonchev–Trinajstić information content (AvgIpc) is 2.33. The summed E-state index contributed by atoms with van der Waals surface area (Å²) in [6, 6.07) is 8.39. The van der Waals surface area contributed by atoms with Crippen molar-refractivity contribution in [3.63, 3.8) is 0 Å². The number of hydrogen-bond donors (Lipinski definition) is 1. The molecule has 0 radical (unpaired) electrons. The summed E-state index contributed by atoms with van der Waals surface area (Å²) < 4.78 is 23.3. The highest BCUT2D eigenvalue weighted by atomic mass is 32.2. The van der Waals surface area contributed by atoms with Gasteiger partial charge in [-0.05, 0) is 36.9 Å². The van der Waals surface area contributed by atoms with Crippen LogP contribution in [-0.4, -0.2) is 33.0 Å². The smallest absolute Gasteiger partial charge is 0.151 e. The highest BCUT2D eigenvalue weighted by Crippen LogP contribution is 2.22. The SMILES string of the molecule is CNC(Cc1ccc(C(C)(C)C)cc1)C(C)S(C)(=O)=O. The maximum absolute atomic E-state index is 11.7. The molecule has 0 bridgehead atoms. The molecule has 2 unspecified atom stereocenters. The summed E-state index contributed by atoms with van der Waals surface area (Å²) in [4.78, 5) is 0. The van der Waals surface area contributed by atoms with Crippen molar-refractivity contribution in [2.75, 3.05) is 13.3 Å². The van der Waals surface area contributed by atoms with Crippen molar-refractivity contribution in [1.29, 1.82) is 0 Å². The predicted molar refractivity (Wildman–Crippen MR) is 86.0 cm³/mol. The van der Waals surface area contributed by atoms with Crippen molar-refractivity contribution in [2.24, 2.45) is 0 Å². The summed E-state index contributed by atoms with van der Waals surface area (Å²) in [7, 11) is -1.21. The fraction of sp³-hybridized carbons (Fsp3) is 0.625. The molecule has 0 fully saturated rings. The normalized spacial score (nSPS) is 15.9. The molecule has 0 heterocycles. The Morgan fingerprint density at radius 3 is 2.00 bits per heavy atom. The molecule has 0 saturated carbocycles. The Bertz CT molecular complexity index is 527. The highest BCUT2D eigenvalue weighted by Gasteiger charge is 2.24. The first-order chi connectivity index (χ1) is 9.05. The topological polar surface area (TPSA) is 46.2 Å². The summed E-state index contributed by atoms with van der Waals surface area (Å²) in [6.07, 6.45) is 2.01. The Morgan fingerprint density at radius 2 is 1.65 bits per heavy atom. The number of likely N-dealkylation sites (N-methyl/N-ethyl adjacent to an activating group) is 1.